The first-order valence-corrected chi connectivity index (χ1v) is 2.42. The maximum atomic E-state index is 8.39. The number of hydrogen-bond donors (Lipinski definition) is 1. The second-order valence-electron chi connectivity index (χ2n) is 1.62. The summed E-state index contributed by atoms with van der Waals surface area (Å²) >= 11 is 0. The zero-order chi connectivity index (χ0) is 5.70. The van der Waals surface area contributed by atoms with E-state index in [1.807, 2.05) is 19.9 Å². The minimum absolute atomic E-state index is 0. The molecule has 1 N–H and O–H groups in total. The van der Waals surface area contributed by atoms with Gasteiger partial charge in [0.15, 0.2) is 0 Å². The van der Waals surface area contributed by atoms with E-state index in [1.165, 1.54) is 0 Å². The van der Waals surface area contributed by atoms with Crippen molar-refractivity contribution in [2.75, 3.05) is 6.61 Å². The Labute approximate surface area is 70.9 Å². The van der Waals surface area contributed by atoms with Crippen LogP contribution < -0.4 is 0 Å². The van der Waals surface area contributed by atoms with Crippen LogP contribution in [-0.4, -0.2) is 11.7 Å². The first-order chi connectivity index (χ1) is 3.31. The molecule has 0 aliphatic rings. The molecular formula is C7H14OZn. The van der Waals surface area contributed by atoms with E-state index >= 15 is 0 Å². The molecule has 0 saturated heterocycles. The minimum Gasteiger partial charge on any atom is -0.503 e. The Bertz CT molecular complexity index is 61.9. The summed E-state index contributed by atoms with van der Waals surface area (Å²) in [6.07, 6.45) is 4.68. The molecule has 0 aromatic carbocycles. The molecule has 0 amide bonds. The quantitative estimate of drug-likeness (QED) is 0.503. The van der Waals surface area contributed by atoms with Gasteiger partial charge in [-0.15, -0.1) is 0 Å². The van der Waals surface area contributed by atoms with Crippen LogP contribution >= 0.6 is 0 Å². The Morgan fingerprint density at radius 3 is 2.22 bits per heavy atom. The third-order valence-corrected chi connectivity index (χ3v) is 0.739. The van der Waals surface area contributed by atoms with Crippen molar-refractivity contribution in [1.82, 2.24) is 0 Å². The van der Waals surface area contributed by atoms with Gasteiger partial charge in [0.1, 0.15) is 0 Å². The number of allylic oxidation sites excluding steroid dienone is 1. The van der Waals surface area contributed by atoms with Gasteiger partial charge in [-0.05, 0) is 5.92 Å². The summed E-state index contributed by atoms with van der Waals surface area (Å²) in [6.45, 7) is 3.99. The van der Waals surface area contributed by atoms with Gasteiger partial charge in [0.25, 0.3) is 0 Å². The fourth-order valence-electron chi connectivity index (χ4n) is 0.337. The van der Waals surface area contributed by atoms with Crippen LogP contribution in [0.2, 0.25) is 0 Å². The van der Waals surface area contributed by atoms with Crippen LogP contribution in [0.4, 0.5) is 0 Å². The molecule has 0 bridgehead atoms. The third kappa shape index (κ3) is 11.7. The summed E-state index contributed by atoms with van der Waals surface area (Å²) in [7, 11) is 0. The van der Waals surface area contributed by atoms with Crippen LogP contribution in [0.1, 0.15) is 13.8 Å². The van der Waals surface area contributed by atoms with Crippen molar-refractivity contribution in [1.29, 1.82) is 0 Å². The monoisotopic (exact) mass is 178 g/mol. The van der Waals surface area contributed by atoms with E-state index in [-0.39, 0.29) is 39.4 Å². The van der Waals surface area contributed by atoms with E-state index in [2.05, 4.69) is 6.08 Å². The summed E-state index contributed by atoms with van der Waals surface area (Å²) in [6, 6.07) is 0. The molecule has 1 atom stereocenters. The van der Waals surface area contributed by atoms with E-state index < -0.39 is 0 Å². The van der Waals surface area contributed by atoms with Crippen molar-refractivity contribution < 1.29 is 24.6 Å². The van der Waals surface area contributed by atoms with Crippen molar-refractivity contribution in [3.8, 4) is 0 Å². The van der Waals surface area contributed by atoms with Gasteiger partial charge in [-0.25, -0.2) is 0 Å². The van der Waals surface area contributed by atoms with Gasteiger partial charge < -0.3 is 18.6 Å². The molecule has 0 rings (SSSR count). The summed E-state index contributed by atoms with van der Waals surface area (Å²) in [5, 5.41) is 8.39. The molecule has 0 fully saturated rings. The zero-order valence-corrected chi connectivity index (χ0v) is 9.48. The number of aliphatic hydroxyl groups is 1. The van der Waals surface area contributed by atoms with Gasteiger partial charge in [-0.3, -0.25) is 6.08 Å². The average Bonchev–Trinajstić information content (AvgIpc) is 1.68. The predicted molar refractivity (Wildman–Crippen MR) is 36.2 cm³/mol. The van der Waals surface area contributed by atoms with Crippen LogP contribution in [0, 0.1) is 19.4 Å². The summed E-state index contributed by atoms with van der Waals surface area (Å²) in [4.78, 5) is 0. The minimum atomic E-state index is 0. The topological polar surface area (TPSA) is 20.2 Å². The Morgan fingerprint density at radius 2 is 2.11 bits per heavy atom. The predicted octanol–water partition coefficient (Wildman–Crippen LogP) is 1.44. The second-order valence-corrected chi connectivity index (χ2v) is 1.62. The van der Waals surface area contributed by atoms with Crippen LogP contribution in [0.5, 0.6) is 0 Å². The number of rotatable bonds is 2. The fourth-order valence-corrected chi connectivity index (χ4v) is 0.337. The molecule has 0 radical (unpaired) electrons. The molecule has 0 aliphatic carbocycles. The van der Waals surface area contributed by atoms with Crippen LogP contribution in [0.15, 0.2) is 6.08 Å². The van der Waals surface area contributed by atoms with Crippen molar-refractivity contribution in [3.05, 3.63) is 19.6 Å². The molecule has 0 aliphatic heterocycles. The molecule has 50 valence electrons. The van der Waals surface area contributed by atoms with E-state index in [4.69, 9.17) is 5.11 Å². The van der Waals surface area contributed by atoms with Crippen LogP contribution in [0.3, 0.4) is 0 Å². The molecule has 2 heteroatoms. The summed E-state index contributed by atoms with van der Waals surface area (Å²) in [5.41, 5.74) is 0. The van der Waals surface area contributed by atoms with Crippen molar-refractivity contribution in [2.24, 2.45) is 5.92 Å². The van der Waals surface area contributed by atoms with E-state index in [1.54, 1.807) is 0 Å². The summed E-state index contributed by atoms with van der Waals surface area (Å²) in [5.74, 6) is 0.269. The Morgan fingerprint density at radius 1 is 1.67 bits per heavy atom. The van der Waals surface area contributed by atoms with Crippen LogP contribution in [0.25, 0.3) is 0 Å². The normalized spacial score (nSPS) is 11.9. The van der Waals surface area contributed by atoms with Gasteiger partial charge in [0.05, 0.1) is 0 Å². The molecule has 1 unspecified atom stereocenters. The maximum Gasteiger partial charge on any atom is 2.00 e. The van der Waals surface area contributed by atoms with E-state index in [9.17, 15) is 0 Å². The maximum absolute atomic E-state index is 8.39. The molecule has 9 heavy (non-hydrogen) atoms. The van der Waals surface area contributed by atoms with E-state index in [0.29, 0.717) is 0 Å². The molecule has 0 saturated carbocycles. The largest absolute Gasteiger partial charge is 2.00 e. The fraction of sp³-hybridized carbons (Fsp3) is 0.571. The van der Waals surface area contributed by atoms with Gasteiger partial charge in [-0.1, -0.05) is 6.92 Å². The van der Waals surface area contributed by atoms with Gasteiger partial charge >= 0.3 is 19.5 Å². The van der Waals surface area contributed by atoms with Gasteiger partial charge in [0, 0.05) is 6.61 Å². The van der Waals surface area contributed by atoms with Gasteiger partial charge in [-0.2, -0.15) is 6.92 Å². The Balaban J connectivity index is -0.000000180. The van der Waals surface area contributed by atoms with Gasteiger partial charge in [0.2, 0.25) is 0 Å². The Kier molecular flexibility index (Phi) is 20.0. The molecule has 0 heterocycles. The molecule has 1 nitrogen and oxygen atoms in total. The van der Waals surface area contributed by atoms with Crippen LogP contribution in [-0.2, 0) is 19.5 Å². The Hall–Kier alpha value is 0.323. The summed E-state index contributed by atoms with van der Waals surface area (Å²) < 4.78 is 0. The first kappa shape index (κ1) is 16.2. The molecule has 0 aromatic rings. The number of hydrogen-bond acceptors (Lipinski definition) is 1. The molecule has 0 spiro atoms. The second kappa shape index (κ2) is 11.2. The SMILES string of the molecule is C[C-]=CC(C)CO.[CH3-].[Zn+2]. The zero-order valence-electron chi connectivity index (χ0n) is 6.52. The van der Waals surface area contributed by atoms with E-state index in [0.717, 1.165) is 0 Å². The van der Waals surface area contributed by atoms with Crippen molar-refractivity contribution >= 4 is 0 Å². The standard InChI is InChI=1S/C6H11O.CH3.Zn/c1-3-4-6(2)5-7;;/h4,6-7H,5H2,1-2H3;1H3;/q2*-1;+2. The molecular weight excluding hydrogens is 165 g/mol. The first-order valence-electron chi connectivity index (χ1n) is 2.42. The van der Waals surface area contributed by atoms with Crippen molar-refractivity contribution in [3.63, 3.8) is 0 Å². The molecule has 0 aromatic heterocycles. The number of aliphatic hydroxyl groups excluding tert-OH is 1. The average molecular weight is 180 g/mol. The van der Waals surface area contributed by atoms with Crippen molar-refractivity contribution in [2.45, 2.75) is 13.8 Å². The third-order valence-electron chi connectivity index (χ3n) is 0.739. The smallest absolute Gasteiger partial charge is 0.503 e.